The van der Waals surface area contributed by atoms with Crippen LogP contribution in [0.2, 0.25) is 5.02 Å². The number of aromatic carboxylic acids is 1. The summed E-state index contributed by atoms with van der Waals surface area (Å²) in [5.74, 6) is -0.987. The third-order valence-corrected chi connectivity index (χ3v) is 9.18. The van der Waals surface area contributed by atoms with Crippen LogP contribution in [0.5, 0.6) is 0 Å². The molecule has 39 heavy (non-hydrogen) atoms. The number of carboxylic acid groups (broad SMARTS) is 1. The molecule has 0 saturated heterocycles. The summed E-state index contributed by atoms with van der Waals surface area (Å²) in [7, 11) is -3.89. The van der Waals surface area contributed by atoms with E-state index in [1.165, 1.54) is 39.9 Å². The van der Waals surface area contributed by atoms with Crippen LogP contribution in [-0.2, 0) is 22.9 Å². The highest BCUT2D eigenvalue weighted by Crippen LogP contribution is 2.22. The Bertz CT molecular complexity index is 1680. The number of nitrogens with one attached hydrogen (secondary N) is 1. The van der Waals surface area contributed by atoms with Gasteiger partial charge in [-0.2, -0.15) is 14.1 Å². The van der Waals surface area contributed by atoms with Gasteiger partial charge in [-0.1, -0.05) is 23.7 Å². The number of thiophene rings is 1. The average Bonchev–Trinajstić information content (AvgIpc) is 3.37. The van der Waals surface area contributed by atoms with Gasteiger partial charge < -0.3 is 5.11 Å². The zero-order chi connectivity index (χ0) is 28.0. The molecule has 0 aliphatic heterocycles. The van der Waals surface area contributed by atoms with Crippen LogP contribution in [0.1, 0.15) is 33.0 Å². The highest BCUT2D eigenvalue weighted by Gasteiger charge is 2.24. The van der Waals surface area contributed by atoms with Crippen molar-refractivity contribution in [1.82, 2.24) is 19.1 Å². The molecule has 0 unspecified atom stereocenters. The van der Waals surface area contributed by atoms with E-state index in [0.717, 1.165) is 21.3 Å². The molecule has 0 atom stereocenters. The van der Waals surface area contributed by atoms with Crippen molar-refractivity contribution in [2.45, 2.75) is 30.6 Å². The molecule has 0 aliphatic rings. The zero-order valence-corrected chi connectivity index (χ0v) is 23.0. The standard InChI is InChI=1S/C26H25ClN4O6S2/c27-19-6-1-4-18(16-19)5-2-14-30(15-3-7-21-10-13-23(38-21)25(33)34)39(36,37)22-11-8-20(9-12-22)31-26(35)29-24(32)17-28-31/h1,4,6,8-13,16-17H,2-3,5,7,14-15H2,(H,33,34)(H,29,32,35). The summed E-state index contributed by atoms with van der Waals surface area (Å²) in [6.45, 7) is 0.503. The Labute approximate surface area is 233 Å². The van der Waals surface area contributed by atoms with Crippen molar-refractivity contribution in [3.63, 3.8) is 0 Å². The zero-order valence-electron chi connectivity index (χ0n) is 20.6. The summed E-state index contributed by atoms with van der Waals surface area (Å²) >= 11 is 7.25. The number of halogens is 1. The third-order valence-electron chi connectivity index (χ3n) is 5.90. The van der Waals surface area contributed by atoms with E-state index in [4.69, 9.17) is 16.7 Å². The lowest BCUT2D eigenvalue weighted by Gasteiger charge is -2.22. The van der Waals surface area contributed by atoms with Crippen LogP contribution in [0.15, 0.2) is 81.3 Å². The van der Waals surface area contributed by atoms with Crippen LogP contribution in [0, 0.1) is 0 Å². The van der Waals surface area contributed by atoms with Crippen LogP contribution < -0.4 is 11.2 Å². The molecule has 0 aliphatic carbocycles. The Morgan fingerprint density at radius 1 is 1.03 bits per heavy atom. The van der Waals surface area contributed by atoms with E-state index < -0.39 is 27.2 Å². The van der Waals surface area contributed by atoms with E-state index in [0.29, 0.717) is 36.4 Å². The molecule has 204 valence electrons. The predicted octanol–water partition coefficient (Wildman–Crippen LogP) is 3.59. The maximum atomic E-state index is 13.6. The molecule has 0 radical (unpaired) electrons. The van der Waals surface area contributed by atoms with Crippen molar-refractivity contribution >= 4 is 38.9 Å². The van der Waals surface area contributed by atoms with Gasteiger partial charge in [-0.25, -0.2) is 18.0 Å². The molecule has 0 saturated carbocycles. The Morgan fingerprint density at radius 2 is 1.74 bits per heavy atom. The lowest BCUT2D eigenvalue weighted by molar-refractivity contribution is 0.0702. The van der Waals surface area contributed by atoms with Crippen LogP contribution >= 0.6 is 22.9 Å². The lowest BCUT2D eigenvalue weighted by Crippen LogP contribution is -2.33. The number of hydrogen-bond acceptors (Lipinski definition) is 7. The number of aryl methyl sites for hydroxylation is 2. The second kappa shape index (κ2) is 12.5. The van der Waals surface area contributed by atoms with Gasteiger partial charge in [0.1, 0.15) is 11.1 Å². The molecule has 0 spiro atoms. The first-order valence-corrected chi connectivity index (χ1v) is 14.6. The molecular weight excluding hydrogens is 564 g/mol. The first-order valence-electron chi connectivity index (χ1n) is 12.0. The summed E-state index contributed by atoms with van der Waals surface area (Å²) in [6.07, 6.45) is 3.21. The Morgan fingerprint density at radius 3 is 2.38 bits per heavy atom. The number of hydrogen-bond donors (Lipinski definition) is 2. The average molecular weight is 589 g/mol. The lowest BCUT2D eigenvalue weighted by atomic mass is 10.1. The number of carboxylic acids is 1. The van der Waals surface area contributed by atoms with Gasteiger partial charge in [-0.05, 0) is 79.8 Å². The van der Waals surface area contributed by atoms with Crippen molar-refractivity contribution < 1.29 is 18.3 Å². The van der Waals surface area contributed by atoms with E-state index >= 15 is 0 Å². The highest BCUT2D eigenvalue weighted by molar-refractivity contribution is 7.89. The number of benzene rings is 2. The largest absolute Gasteiger partial charge is 0.477 e. The Balaban J connectivity index is 1.51. The topological polar surface area (TPSA) is 142 Å². The second-order valence-electron chi connectivity index (χ2n) is 8.66. The number of nitrogens with zero attached hydrogens (tertiary/aromatic N) is 3. The van der Waals surface area contributed by atoms with Crippen LogP contribution in [0.25, 0.3) is 5.69 Å². The molecule has 0 fully saturated rings. The van der Waals surface area contributed by atoms with E-state index in [2.05, 4.69) is 10.1 Å². The minimum atomic E-state index is -3.89. The first-order chi connectivity index (χ1) is 18.6. The summed E-state index contributed by atoms with van der Waals surface area (Å²) < 4.78 is 29.6. The first kappa shape index (κ1) is 28.4. The number of aromatic amines is 1. The van der Waals surface area contributed by atoms with E-state index in [9.17, 15) is 22.8 Å². The van der Waals surface area contributed by atoms with Gasteiger partial charge in [-0.3, -0.25) is 9.78 Å². The van der Waals surface area contributed by atoms with Gasteiger partial charge in [0, 0.05) is 23.0 Å². The second-order valence-corrected chi connectivity index (χ2v) is 12.2. The maximum Gasteiger partial charge on any atom is 0.349 e. The number of H-pyrrole nitrogens is 1. The summed E-state index contributed by atoms with van der Waals surface area (Å²) in [6, 6.07) is 16.4. The quantitative estimate of drug-likeness (QED) is 0.257. The molecule has 10 nitrogen and oxygen atoms in total. The molecule has 0 amide bonds. The van der Waals surface area contributed by atoms with Gasteiger partial charge in [0.2, 0.25) is 10.0 Å². The smallest absolute Gasteiger partial charge is 0.349 e. The molecule has 0 bridgehead atoms. The van der Waals surface area contributed by atoms with E-state index in [1.54, 1.807) is 18.2 Å². The monoisotopic (exact) mass is 588 g/mol. The molecule has 13 heteroatoms. The van der Waals surface area contributed by atoms with Crippen LogP contribution in [0.3, 0.4) is 0 Å². The van der Waals surface area contributed by atoms with Gasteiger partial charge in [0.25, 0.3) is 5.56 Å². The fourth-order valence-corrected chi connectivity index (χ4v) is 6.62. The van der Waals surface area contributed by atoms with E-state index in [1.807, 2.05) is 18.2 Å². The molecule has 2 heterocycles. The van der Waals surface area contributed by atoms with Crippen molar-refractivity contribution in [1.29, 1.82) is 0 Å². The summed E-state index contributed by atoms with van der Waals surface area (Å²) in [5.41, 5.74) is -0.0663. The number of carbonyl (C=O) groups is 1. The van der Waals surface area contributed by atoms with Crippen molar-refractivity contribution in [2.75, 3.05) is 13.1 Å². The normalized spacial score (nSPS) is 11.6. The molecule has 4 aromatic rings. The number of aromatic nitrogens is 3. The van der Waals surface area contributed by atoms with Gasteiger partial charge in [-0.15, -0.1) is 11.3 Å². The maximum absolute atomic E-state index is 13.6. The Kier molecular flexibility index (Phi) is 9.12. The minimum absolute atomic E-state index is 0.0516. The van der Waals surface area contributed by atoms with Gasteiger partial charge in [0.15, 0.2) is 0 Å². The van der Waals surface area contributed by atoms with Crippen molar-refractivity contribution in [3.05, 3.63) is 108 Å². The summed E-state index contributed by atoms with van der Waals surface area (Å²) in [4.78, 5) is 37.8. The van der Waals surface area contributed by atoms with Gasteiger partial charge in [0.05, 0.1) is 10.6 Å². The Hall–Kier alpha value is -3.58. The van der Waals surface area contributed by atoms with Crippen molar-refractivity contribution in [2.24, 2.45) is 0 Å². The molecule has 2 N–H and O–H groups in total. The molecule has 2 aromatic carbocycles. The summed E-state index contributed by atoms with van der Waals surface area (Å²) in [5, 5.41) is 13.6. The van der Waals surface area contributed by atoms with Crippen molar-refractivity contribution in [3.8, 4) is 5.69 Å². The SMILES string of the molecule is O=C(O)c1ccc(CCCN(CCCc2cccc(Cl)c2)S(=O)(=O)c2ccc(-n3ncc(=O)[nH]c3=O)cc2)s1. The molecular formula is C26H25ClN4O6S2. The molecule has 4 rings (SSSR count). The number of sulfonamides is 1. The minimum Gasteiger partial charge on any atom is -0.477 e. The van der Waals surface area contributed by atoms with Gasteiger partial charge >= 0.3 is 11.7 Å². The highest BCUT2D eigenvalue weighted by atomic mass is 35.5. The van der Waals surface area contributed by atoms with E-state index in [-0.39, 0.29) is 22.9 Å². The predicted molar refractivity (Wildman–Crippen MR) is 149 cm³/mol. The number of rotatable bonds is 12. The third kappa shape index (κ3) is 7.30. The molecule has 2 aromatic heterocycles. The van der Waals surface area contributed by atoms with Crippen LogP contribution in [0.4, 0.5) is 0 Å². The fourth-order valence-electron chi connectivity index (χ4n) is 4.01. The fraction of sp³-hybridized carbons (Fsp3) is 0.231. The van der Waals surface area contributed by atoms with Crippen LogP contribution in [-0.4, -0.2) is 51.7 Å².